The van der Waals surface area contributed by atoms with Crippen molar-refractivity contribution in [1.29, 1.82) is 0 Å². The van der Waals surface area contributed by atoms with Gasteiger partial charge >= 0.3 is 11.9 Å². The number of rotatable bonds is 9. The summed E-state index contributed by atoms with van der Waals surface area (Å²) in [5.41, 5.74) is 0.658. The van der Waals surface area contributed by atoms with Crippen LogP contribution in [0.3, 0.4) is 0 Å². The number of carboxylic acid groups (broad SMARTS) is 2. The number of nitrogens with one attached hydrogen (secondary N) is 2. The molecule has 3 rings (SSSR count). The molecule has 2 heterocycles. The summed E-state index contributed by atoms with van der Waals surface area (Å²) in [4.78, 5) is 54.9. The predicted molar refractivity (Wildman–Crippen MR) is 119 cm³/mol. The molecule has 0 spiro atoms. The first kappa shape index (κ1) is 19.0. The number of hydrogen-bond donors (Lipinski definition) is 4. The summed E-state index contributed by atoms with van der Waals surface area (Å²) in [7, 11) is 0. The molecule has 1 aromatic carbocycles. The van der Waals surface area contributed by atoms with Crippen LogP contribution >= 0.6 is 11.3 Å². The number of fused-ring (bicyclic) bond motifs is 1. The number of aryl methyl sites for hydroxylation is 1. The van der Waals surface area contributed by atoms with Crippen LogP contribution in [0, 0.1) is 6.92 Å². The lowest BCUT2D eigenvalue weighted by molar-refractivity contribution is -0.140. The zero-order chi connectivity index (χ0) is 25.9. The smallest absolute Gasteiger partial charge is 0.326 e. The molecule has 1 amide bonds. The molecule has 0 bridgehead atoms. The first-order valence-corrected chi connectivity index (χ1v) is 10.3. The van der Waals surface area contributed by atoms with Crippen molar-refractivity contribution in [2.24, 2.45) is 0 Å². The molecule has 0 aliphatic heterocycles. The number of carboxylic acids is 2. The molecule has 11 heteroatoms. The highest BCUT2D eigenvalue weighted by Gasteiger charge is 2.22. The number of aromatic nitrogens is 2. The molecule has 4 N–H and O–H groups in total. The van der Waals surface area contributed by atoms with Crippen molar-refractivity contribution in [2.75, 3.05) is 11.9 Å². The maximum Gasteiger partial charge on any atom is 0.326 e. The maximum atomic E-state index is 12.5. The lowest BCUT2D eigenvalue weighted by Gasteiger charge is -2.17. The van der Waals surface area contributed by atoms with Gasteiger partial charge in [-0.1, -0.05) is 6.07 Å². The Kier molecular flexibility index (Phi) is 5.70. The second-order valence-corrected chi connectivity index (χ2v) is 8.09. The number of thiophene rings is 1. The van der Waals surface area contributed by atoms with Gasteiger partial charge in [-0.25, -0.2) is 9.78 Å². The fourth-order valence-corrected chi connectivity index (χ4v) is 3.83. The van der Waals surface area contributed by atoms with Crippen LogP contribution in [0.2, 0.25) is 0 Å². The standard InChI is InChI=1S/C21H22N4O6S/c1-11-22-14-4-3-12(9-13(14)19(28)23-11)10-25(2)17-7-6-16(32-17)20(29)24-15(21(30)31)5-8-18(26)27/h3-4,6-7,9,15H,5,8,10H2,1-2H3,(H,24,29)(H,26,27)(H,30,31)(H,22,23,28)/t15-/m0/s1/i2+1D3. The van der Waals surface area contributed by atoms with E-state index in [1.54, 1.807) is 25.1 Å². The average Bonchev–Trinajstić information content (AvgIpc) is 3.23. The highest BCUT2D eigenvalue weighted by molar-refractivity contribution is 7.17. The minimum Gasteiger partial charge on any atom is -0.481 e. The summed E-state index contributed by atoms with van der Waals surface area (Å²) < 4.78 is 23.8. The van der Waals surface area contributed by atoms with E-state index in [0.29, 0.717) is 22.3 Å². The summed E-state index contributed by atoms with van der Waals surface area (Å²) in [5, 5.41) is 20.8. The number of aliphatic carboxylic acids is 2. The van der Waals surface area contributed by atoms with Crippen molar-refractivity contribution in [3.63, 3.8) is 0 Å². The Labute approximate surface area is 190 Å². The number of amides is 1. The van der Waals surface area contributed by atoms with Crippen LogP contribution in [0.25, 0.3) is 10.9 Å². The van der Waals surface area contributed by atoms with E-state index in [0.717, 1.165) is 16.2 Å². The Morgan fingerprint density at radius 1 is 1.28 bits per heavy atom. The number of benzene rings is 1. The van der Waals surface area contributed by atoms with Gasteiger partial charge in [0.2, 0.25) is 0 Å². The van der Waals surface area contributed by atoms with Crippen molar-refractivity contribution in [3.8, 4) is 0 Å². The number of hydrogen-bond acceptors (Lipinski definition) is 7. The summed E-state index contributed by atoms with van der Waals surface area (Å²) in [5.74, 6) is -2.88. The second kappa shape index (κ2) is 9.60. The molecule has 0 aliphatic carbocycles. The van der Waals surface area contributed by atoms with Gasteiger partial charge < -0.3 is 25.4 Å². The van der Waals surface area contributed by atoms with Gasteiger partial charge in [-0.2, -0.15) is 0 Å². The monoisotopic (exact) mass is 462 g/mol. The van der Waals surface area contributed by atoms with Gasteiger partial charge in [0.05, 0.1) is 20.8 Å². The van der Waals surface area contributed by atoms with Crippen molar-refractivity contribution in [2.45, 2.75) is 32.4 Å². The number of anilines is 1. The Morgan fingerprint density at radius 3 is 2.75 bits per heavy atom. The first-order chi connectivity index (χ1) is 16.3. The SMILES string of the molecule is [2H][13C]([2H])([2H])N(Cc1ccc2nc(C)[nH]c(=O)c2c1)c1ccc(C(=O)N[C@@H](CCC(=O)O)C(=O)O)s1. The molecule has 168 valence electrons. The van der Waals surface area contributed by atoms with Gasteiger partial charge in [0.1, 0.15) is 11.9 Å². The molecule has 10 nitrogen and oxygen atoms in total. The average molecular weight is 463 g/mol. The van der Waals surface area contributed by atoms with Gasteiger partial charge in [-0.15, -0.1) is 11.3 Å². The highest BCUT2D eigenvalue weighted by atomic mass is 32.1. The molecule has 0 saturated heterocycles. The molecule has 0 saturated carbocycles. The van der Waals surface area contributed by atoms with Crippen LogP contribution in [0.5, 0.6) is 0 Å². The van der Waals surface area contributed by atoms with Crippen LogP contribution in [0.4, 0.5) is 5.00 Å². The Morgan fingerprint density at radius 2 is 2.06 bits per heavy atom. The second-order valence-electron chi connectivity index (χ2n) is 7.02. The first-order valence-electron chi connectivity index (χ1n) is 11.0. The number of H-pyrrole nitrogens is 1. The molecule has 0 radical (unpaired) electrons. The van der Waals surface area contributed by atoms with Crippen molar-refractivity contribution in [1.82, 2.24) is 15.3 Å². The maximum absolute atomic E-state index is 12.5. The normalized spacial score (nSPS) is 13.6. The van der Waals surface area contributed by atoms with Gasteiger partial charge in [-0.05, 0) is 43.2 Å². The van der Waals surface area contributed by atoms with Crippen molar-refractivity contribution < 1.29 is 28.7 Å². The quantitative estimate of drug-likeness (QED) is 0.352. The summed E-state index contributed by atoms with van der Waals surface area (Å²) >= 11 is 0.846. The lowest BCUT2D eigenvalue weighted by Crippen LogP contribution is -2.40. The minimum atomic E-state index is -2.59. The highest BCUT2D eigenvalue weighted by Crippen LogP contribution is 2.27. The van der Waals surface area contributed by atoms with E-state index in [1.807, 2.05) is 0 Å². The lowest BCUT2D eigenvalue weighted by atomic mass is 10.1. The molecule has 32 heavy (non-hydrogen) atoms. The van der Waals surface area contributed by atoms with E-state index < -0.39 is 37.3 Å². The van der Waals surface area contributed by atoms with Gasteiger partial charge in [0.15, 0.2) is 0 Å². The largest absolute Gasteiger partial charge is 0.481 e. The molecule has 3 aromatic rings. The number of carbonyl (C=O) groups is 3. The Hall–Kier alpha value is -3.73. The van der Waals surface area contributed by atoms with E-state index in [2.05, 4.69) is 15.3 Å². The third-order valence-electron chi connectivity index (χ3n) is 4.56. The molecule has 0 aliphatic rings. The van der Waals surface area contributed by atoms with E-state index in [1.165, 1.54) is 12.1 Å². The van der Waals surface area contributed by atoms with Gasteiger partial charge in [0.25, 0.3) is 11.5 Å². The number of nitrogens with zero attached hydrogens (tertiary/aromatic N) is 2. The minimum absolute atomic E-state index is 0.0606. The molecule has 1 atom stereocenters. The third-order valence-corrected chi connectivity index (χ3v) is 5.67. The molecular formula is C21H22N4O6S. The topological polar surface area (TPSA) is 153 Å². The third kappa shape index (κ3) is 5.49. The van der Waals surface area contributed by atoms with Crippen LogP contribution in [-0.2, 0) is 16.1 Å². The Balaban J connectivity index is 1.84. The van der Waals surface area contributed by atoms with Crippen molar-refractivity contribution in [3.05, 3.63) is 57.0 Å². The number of aromatic amines is 1. The van der Waals surface area contributed by atoms with Gasteiger partial charge in [-0.3, -0.25) is 14.4 Å². The number of carbonyl (C=O) groups excluding carboxylic acids is 1. The van der Waals surface area contributed by atoms with Crippen LogP contribution in [0.1, 0.15) is 38.0 Å². The summed E-state index contributed by atoms with van der Waals surface area (Å²) in [6.45, 7) is -1.03. The molecule has 2 aromatic heterocycles. The zero-order valence-electron chi connectivity index (χ0n) is 19.9. The molecule has 0 fully saturated rings. The Bertz CT molecular complexity index is 1340. The van der Waals surface area contributed by atoms with E-state index >= 15 is 0 Å². The fraction of sp³-hybridized carbons (Fsp3) is 0.286. The zero-order valence-corrected chi connectivity index (χ0v) is 17.7. The van der Waals surface area contributed by atoms with Crippen LogP contribution < -0.4 is 15.8 Å². The van der Waals surface area contributed by atoms with Crippen LogP contribution in [0.15, 0.2) is 35.1 Å². The van der Waals surface area contributed by atoms with Crippen LogP contribution in [-0.4, -0.2) is 51.0 Å². The molecule has 0 unspecified atom stereocenters. The van der Waals surface area contributed by atoms with Gasteiger partial charge in [0, 0.05) is 24.1 Å². The predicted octanol–water partition coefficient (Wildman–Crippen LogP) is 1.98. The summed E-state index contributed by atoms with van der Waals surface area (Å²) in [6.07, 6.45) is -0.741. The van der Waals surface area contributed by atoms with E-state index in [9.17, 15) is 24.3 Å². The fourth-order valence-electron chi connectivity index (χ4n) is 3.01. The van der Waals surface area contributed by atoms with Crippen molar-refractivity contribution >= 4 is 45.1 Å². The van der Waals surface area contributed by atoms with E-state index in [-0.39, 0.29) is 28.4 Å². The summed E-state index contributed by atoms with van der Waals surface area (Å²) in [6, 6.07) is 6.23. The van der Waals surface area contributed by atoms with E-state index in [4.69, 9.17) is 9.22 Å². The molecular weight excluding hydrogens is 437 g/mol.